The van der Waals surface area contributed by atoms with Crippen LogP contribution in [0.5, 0.6) is 0 Å². The van der Waals surface area contributed by atoms with Crippen molar-refractivity contribution in [3.63, 3.8) is 0 Å². The third-order valence-electron chi connectivity index (χ3n) is 9.72. The van der Waals surface area contributed by atoms with Crippen LogP contribution < -0.4 is 0 Å². The molecular formula is C47H29N3S. The molecule has 0 aliphatic carbocycles. The highest BCUT2D eigenvalue weighted by Gasteiger charge is 2.18. The first-order valence-electron chi connectivity index (χ1n) is 17.1. The molecule has 0 bridgehead atoms. The van der Waals surface area contributed by atoms with E-state index in [9.17, 15) is 0 Å². The van der Waals surface area contributed by atoms with Crippen LogP contribution in [0, 0.1) is 0 Å². The van der Waals surface area contributed by atoms with Crippen LogP contribution in [0.3, 0.4) is 0 Å². The minimum Gasteiger partial charge on any atom is -0.208 e. The predicted molar refractivity (Wildman–Crippen MR) is 215 cm³/mol. The number of thiophene rings is 1. The molecule has 2 heterocycles. The van der Waals surface area contributed by atoms with Crippen LogP contribution in [-0.4, -0.2) is 15.0 Å². The van der Waals surface area contributed by atoms with Gasteiger partial charge in [-0.3, -0.25) is 0 Å². The van der Waals surface area contributed by atoms with E-state index in [2.05, 4.69) is 176 Å². The fourth-order valence-electron chi connectivity index (χ4n) is 7.28. The second-order valence-electron chi connectivity index (χ2n) is 12.8. The molecule has 3 nitrogen and oxygen atoms in total. The quantitative estimate of drug-likeness (QED) is 0.183. The molecule has 10 rings (SSSR count). The van der Waals surface area contributed by atoms with Crippen LogP contribution in [0.1, 0.15) is 0 Å². The third kappa shape index (κ3) is 5.16. The van der Waals surface area contributed by atoms with Gasteiger partial charge in [-0.05, 0) is 68.1 Å². The summed E-state index contributed by atoms with van der Waals surface area (Å²) in [5.74, 6) is 1.95. The van der Waals surface area contributed by atoms with E-state index in [0.717, 1.165) is 27.8 Å². The van der Waals surface area contributed by atoms with Crippen LogP contribution in [0.2, 0.25) is 0 Å². The van der Waals surface area contributed by atoms with Gasteiger partial charge >= 0.3 is 0 Å². The molecule has 0 N–H and O–H groups in total. The van der Waals surface area contributed by atoms with Crippen LogP contribution in [0.4, 0.5) is 0 Å². The first-order chi connectivity index (χ1) is 25.3. The number of hydrogen-bond acceptors (Lipinski definition) is 4. The molecule has 0 unspecified atom stereocenters. The maximum absolute atomic E-state index is 5.22. The van der Waals surface area contributed by atoms with Gasteiger partial charge in [-0.2, -0.15) is 0 Å². The largest absolute Gasteiger partial charge is 0.208 e. The molecule has 0 saturated carbocycles. The number of aromatic nitrogens is 3. The summed E-state index contributed by atoms with van der Waals surface area (Å²) in [4.78, 5) is 15.6. The SMILES string of the molecule is c1cc(-c2nc(-c3cccc(-c4cccc5ccccc45)c3)nc(-c3cccc4c3sc3ccccc34)n2)cc(-c2cccc3ccccc23)c1. The van der Waals surface area contributed by atoms with E-state index in [0.29, 0.717) is 17.5 Å². The summed E-state index contributed by atoms with van der Waals surface area (Å²) >= 11 is 1.79. The van der Waals surface area contributed by atoms with E-state index in [1.54, 1.807) is 11.3 Å². The Morgan fingerprint density at radius 2 is 0.745 bits per heavy atom. The molecule has 0 spiro atoms. The van der Waals surface area contributed by atoms with Gasteiger partial charge in [0.1, 0.15) is 0 Å². The van der Waals surface area contributed by atoms with Crippen molar-refractivity contribution in [1.29, 1.82) is 0 Å². The lowest BCUT2D eigenvalue weighted by molar-refractivity contribution is 1.08. The lowest BCUT2D eigenvalue weighted by Gasteiger charge is -2.12. The molecule has 0 saturated heterocycles. The Balaban J connectivity index is 1.18. The number of rotatable bonds is 5. The van der Waals surface area contributed by atoms with Crippen molar-refractivity contribution in [3.8, 4) is 56.4 Å². The lowest BCUT2D eigenvalue weighted by Crippen LogP contribution is -2.00. The van der Waals surface area contributed by atoms with E-state index >= 15 is 0 Å². The van der Waals surface area contributed by atoms with E-state index < -0.39 is 0 Å². The molecular weight excluding hydrogens is 639 g/mol. The monoisotopic (exact) mass is 667 g/mol. The zero-order valence-electron chi connectivity index (χ0n) is 27.5. The molecule has 51 heavy (non-hydrogen) atoms. The van der Waals surface area contributed by atoms with Gasteiger partial charge in [0.15, 0.2) is 17.5 Å². The number of benzene rings is 8. The summed E-state index contributed by atoms with van der Waals surface area (Å²) in [5, 5.41) is 7.33. The Morgan fingerprint density at radius 1 is 0.314 bits per heavy atom. The minimum absolute atomic E-state index is 0.644. The van der Waals surface area contributed by atoms with Gasteiger partial charge in [0.2, 0.25) is 0 Å². The molecule has 0 aliphatic heterocycles. The van der Waals surface area contributed by atoms with Crippen molar-refractivity contribution >= 4 is 53.1 Å². The van der Waals surface area contributed by atoms with Gasteiger partial charge in [0.05, 0.1) is 0 Å². The second-order valence-corrected chi connectivity index (χ2v) is 13.9. The smallest absolute Gasteiger partial charge is 0.165 e. The molecule has 0 fully saturated rings. The Morgan fingerprint density at radius 3 is 1.37 bits per heavy atom. The first kappa shape index (κ1) is 29.4. The lowest BCUT2D eigenvalue weighted by atomic mass is 9.96. The Labute approximate surface area is 299 Å². The van der Waals surface area contributed by atoms with Crippen molar-refractivity contribution in [1.82, 2.24) is 15.0 Å². The minimum atomic E-state index is 0.644. The molecule has 0 amide bonds. The van der Waals surface area contributed by atoms with E-state index in [1.165, 1.54) is 52.8 Å². The van der Waals surface area contributed by atoms with Gasteiger partial charge in [-0.25, -0.2) is 15.0 Å². The normalized spacial score (nSPS) is 11.5. The van der Waals surface area contributed by atoms with Crippen LogP contribution in [0.25, 0.3) is 98.1 Å². The summed E-state index contributed by atoms with van der Waals surface area (Å²) in [6, 6.07) is 62.2. The van der Waals surface area contributed by atoms with Gasteiger partial charge in [0.25, 0.3) is 0 Å². The fraction of sp³-hybridized carbons (Fsp3) is 0. The van der Waals surface area contributed by atoms with Crippen LogP contribution >= 0.6 is 11.3 Å². The summed E-state index contributed by atoms with van der Waals surface area (Å²) < 4.78 is 2.43. The topological polar surface area (TPSA) is 38.7 Å². The Bertz CT molecular complexity index is 2790. The van der Waals surface area contributed by atoms with Gasteiger partial charge in [-0.1, -0.05) is 152 Å². The van der Waals surface area contributed by atoms with Gasteiger partial charge < -0.3 is 0 Å². The van der Waals surface area contributed by atoms with E-state index in [-0.39, 0.29) is 0 Å². The Kier molecular flexibility index (Phi) is 7.00. The molecule has 2 aromatic heterocycles. The number of nitrogens with zero attached hydrogens (tertiary/aromatic N) is 3. The Hall–Kier alpha value is -6.49. The van der Waals surface area contributed by atoms with Crippen LogP contribution in [-0.2, 0) is 0 Å². The maximum atomic E-state index is 5.22. The summed E-state index contributed by atoms with van der Waals surface area (Å²) in [6.07, 6.45) is 0. The van der Waals surface area contributed by atoms with Crippen molar-refractivity contribution in [2.45, 2.75) is 0 Å². The molecule has 238 valence electrons. The standard InChI is InChI=1S/C47H29N3S/c1-3-20-36-30(12-1)14-9-23-38(36)32-16-7-18-34(28-32)45-48-46(35-19-8-17-33(29-35)39-24-10-15-31-13-2-4-21-37(31)39)50-47(49-45)42-26-11-25-41-40-22-5-6-27-43(40)51-44(41)42/h1-29H. The average molecular weight is 668 g/mol. The molecule has 4 heteroatoms. The highest BCUT2D eigenvalue weighted by molar-refractivity contribution is 7.26. The fourth-order valence-corrected chi connectivity index (χ4v) is 8.50. The molecule has 0 atom stereocenters. The second kappa shape index (κ2) is 12.1. The van der Waals surface area contributed by atoms with Gasteiger partial charge in [0, 0.05) is 36.9 Å². The molecule has 10 aromatic rings. The van der Waals surface area contributed by atoms with Crippen molar-refractivity contribution in [3.05, 3.63) is 176 Å². The molecule has 8 aromatic carbocycles. The van der Waals surface area contributed by atoms with E-state index in [1.807, 2.05) is 0 Å². The zero-order chi connectivity index (χ0) is 33.7. The number of hydrogen-bond donors (Lipinski definition) is 0. The highest BCUT2D eigenvalue weighted by atomic mass is 32.1. The summed E-state index contributed by atoms with van der Waals surface area (Å²) in [5.41, 5.74) is 7.51. The summed E-state index contributed by atoms with van der Waals surface area (Å²) in [7, 11) is 0. The third-order valence-corrected chi connectivity index (χ3v) is 10.9. The van der Waals surface area contributed by atoms with Gasteiger partial charge in [-0.15, -0.1) is 11.3 Å². The van der Waals surface area contributed by atoms with Crippen molar-refractivity contribution < 1.29 is 0 Å². The highest BCUT2D eigenvalue weighted by Crippen LogP contribution is 2.40. The molecule has 0 radical (unpaired) electrons. The maximum Gasteiger partial charge on any atom is 0.165 e. The van der Waals surface area contributed by atoms with Crippen LogP contribution in [0.15, 0.2) is 176 Å². The predicted octanol–water partition coefficient (Wildman–Crippen LogP) is 12.9. The van der Waals surface area contributed by atoms with E-state index in [4.69, 9.17) is 15.0 Å². The average Bonchev–Trinajstić information content (AvgIpc) is 3.59. The summed E-state index contributed by atoms with van der Waals surface area (Å²) in [6.45, 7) is 0. The van der Waals surface area contributed by atoms with Crippen molar-refractivity contribution in [2.75, 3.05) is 0 Å². The van der Waals surface area contributed by atoms with Crippen molar-refractivity contribution in [2.24, 2.45) is 0 Å². The molecule has 0 aliphatic rings. The first-order valence-corrected chi connectivity index (χ1v) is 17.9. The zero-order valence-corrected chi connectivity index (χ0v) is 28.3. The number of fused-ring (bicyclic) bond motifs is 5.